The Kier molecular flexibility index (Phi) is 5.79. The molecular formula is C14H26N2O3. The highest BCUT2D eigenvalue weighted by atomic mass is 16.4. The topological polar surface area (TPSA) is 60.9 Å². The minimum Gasteiger partial charge on any atom is -0.481 e. The Morgan fingerprint density at radius 3 is 2.32 bits per heavy atom. The second-order valence-corrected chi connectivity index (χ2v) is 5.99. The maximum atomic E-state index is 12.1. The van der Waals surface area contributed by atoms with Gasteiger partial charge in [-0.1, -0.05) is 6.42 Å². The Hall–Kier alpha value is -1.10. The second-order valence-electron chi connectivity index (χ2n) is 5.99. The first kappa shape index (κ1) is 16.0. The summed E-state index contributed by atoms with van der Waals surface area (Å²) in [4.78, 5) is 26.8. The molecule has 5 nitrogen and oxygen atoms in total. The number of carboxylic acids is 1. The molecule has 0 radical (unpaired) electrons. The molecule has 1 rings (SSSR count). The van der Waals surface area contributed by atoms with Crippen LogP contribution in [0.3, 0.4) is 0 Å². The molecule has 1 aliphatic heterocycles. The summed E-state index contributed by atoms with van der Waals surface area (Å²) in [5.41, 5.74) is -0.634. The van der Waals surface area contributed by atoms with Crippen molar-refractivity contribution >= 4 is 11.9 Å². The number of aliphatic carboxylic acids is 1. The minimum absolute atomic E-state index is 0.0248. The van der Waals surface area contributed by atoms with E-state index in [1.807, 2.05) is 0 Å². The predicted octanol–water partition coefficient (Wildman–Crippen LogP) is 1.57. The molecule has 19 heavy (non-hydrogen) atoms. The number of carbonyl (C=O) groups is 2. The third kappa shape index (κ3) is 5.19. The van der Waals surface area contributed by atoms with Gasteiger partial charge in [0.15, 0.2) is 0 Å². The number of carbonyl (C=O) groups excluding carboxylic acids is 1. The molecule has 0 saturated carbocycles. The Balaban J connectivity index is 2.40. The molecule has 1 aliphatic rings. The molecule has 0 bridgehead atoms. The van der Waals surface area contributed by atoms with Gasteiger partial charge in [0.25, 0.3) is 0 Å². The summed E-state index contributed by atoms with van der Waals surface area (Å²) in [6, 6.07) is 0. The van der Waals surface area contributed by atoms with Gasteiger partial charge in [-0.15, -0.1) is 0 Å². The van der Waals surface area contributed by atoms with Gasteiger partial charge >= 0.3 is 5.97 Å². The van der Waals surface area contributed by atoms with Crippen LogP contribution in [0.5, 0.6) is 0 Å². The van der Waals surface area contributed by atoms with Crippen LogP contribution in [0, 0.1) is 0 Å². The zero-order valence-corrected chi connectivity index (χ0v) is 12.3. The first-order chi connectivity index (χ1) is 8.83. The average molecular weight is 270 g/mol. The van der Waals surface area contributed by atoms with Gasteiger partial charge in [-0.25, -0.2) is 0 Å². The van der Waals surface area contributed by atoms with Gasteiger partial charge in [0.05, 0.1) is 6.42 Å². The zero-order valence-electron chi connectivity index (χ0n) is 12.3. The number of likely N-dealkylation sites (tertiary alicyclic amines) is 1. The van der Waals surface area contributed by atoms with E-state index in [0.29, 0.717) is 6.42 Å². The number of carboxylic acid groups (broad SMARTS) is 1. The van der Waals surface area contributed by atoms with Crippen LogP contribution < -0.4 is 0 Å². The fraction of sp³-hybridized carbons (Fsp3) is 0.857. The lowest BCUT2D eigenvalue weighted by molar-refractivity contribution is -0.143. The van der Waals surface area contributed by atoms with Crippen molar-refractivity contribution in [2.24, 2.45) is 0 Å². The summed E-state index contributed by atoms with van der Waals surface area (Å²) in [5.74, 6) is -0.850. The number of nitrogens with zero attached hydrogens (tertiary/aromatic N) is 2. The van der Waals surface area contributed by atoms with E-state index in [1.54, 1.807) is 25.8 Å². The van der Waals surface area contributed by atoms with E-state index in [9.17, 15) is 9.59 Å². The van der Waals surface area contributed by atoms with Crippen molar-refractivity contribution in [2.75, 3.05) is 26.7 Å². The molecule has 0 aliphatic carbocycles. The molecule has 1 saturated heterocycles. The Bertz CT molecular complexity index is 323. The Morgan fingerprint density at radius 1 is 1.21 bits per heavy atom. The number of rotatable bonds is 6. The molecular weight excluding hydrogens is 244 g/mol. The normalized spacial score (nSPS) is 17.2. The average Bonchev–Trinajstić information content (AvgIpc) is 2.34. The lowest BCUT2D eigenvalue weighted by Gasteiger charge is -2.35. The summed E-state index contributed by atoms with van der Waals surface area (Å²) in [7, 11) is 1.70. The quantitative estimate of drug-likeness (QED) is 0.796. The largest absolute Gasteiger partial charge is 0.481 e. The highest BCUT2D eigenvalue weighted by molar-refractivity contribution is 5.78. The lowest BCUT2D eigenvalue weighted by atomic mass is 9.98. The molecule has 1 amide bonds. The van der Waals surface area contributed by atoms with Gasteiger partial charge in [0.2, 0.25) is 5.91 Å². The van der Waals surface area contributed by atoms with Gasteiger partial charge in [-0.3, -0.25) is 9.59 Å². The maximum absolute atomic E-state index is 12.1. The van der Waals surface area contributed by atoms with Crippen molar-refractivity contribution in [2.45, 2.75) is 51.5 Å². The van der Waals surface area contributed by atoms with Crippen LogP contribution in [-0.2, 0) is 9.59 Å². The van der Waals surface area contributed by atoms with Crippen molar-refractivity contribution in [3.05, 3.63) is 0 Å². The smallest absolute Gasteiger partial charge is 0.305 e. The molecule has 110 valence electrons. The Morgan fingerprint density at radius 2 is 1.79 bits per heavy atom. The monoisotopic (exact) mass is 270 g/mol. The second kappa shape index (κ2) is 6.89. The van der Waals surface area contributed by atoms with Crippen LogP contribution >= 0.6 is 0 Å². The van der Waals surface area contributed by atoms with Crippen molar-refractivity contribution < 1.29 is 14.7 Å². The van der Waals surface area contributed by atoms with Gasteiger partial charge in [-0.2, -0.15) is 0 Å². The van der Waals surface area contributed by atoms with E-state index >= 15 is 0 Å². The molecule has 0 unspecified atom stereocenters. The molecule has 5 heteroatoms. The summed E-state index contributed by atoms with van der Waals surface area (Å²) < 4.78 is 0. The van der Waals surface area contributed by atoms with E-state index in [2.05, 4.69) is 4.90 Å². The van der Waals surface area contributed by atoms with Gasteiger partial charge in [0.1, 0.15) is 0 Å². The molecule has 0 aromatic heterocycles. The number of hydrogen-bond donors (Lipinski definition) is 1. The van der Waals surface area contributed by atoms with E-state index in [0.717, 1.165) is 19.6 Å². The summed E-state index contributed by atoms with van der Waals surface area (Å²) in [6.07, 6.45) is 4.16. The lowest BCUT2D eigenvalue weighted by Crippen LogP contribution is -2.47. The molecule has 0 atom stereocenters. The SMILES string of the molecule is CN(C(=O)CCN1CCCCC1)C(C)(C)CC(=O)O. The molecule has 0 aromatic rings. The molecule has 1 heterocycles. The molecule has 0 aromatic carbocycles. The van der Waals surface area contributed by atoms with Crippen LogP contribution in [0.15, 0.2) is 0 Å². The fourth-order valence-electron chi connectivity index (χ4n) is 2.43. The van der Waals surface area contributed by atoms with Crippen LogP contribution in [0.2, 0.25) is 0 Å². The van der Waals surface area contributed by atoms with Crippen LogP contribution in [-0.4, -0.2) is 59.0 Å². The maximum Gasteiger partial charge on any atom is 0.305 e. The number of amides is 1. The number of piperidine rings is 1. The van der Waals surface area contributed by atoms with E-state index in [1.165, 1.54) is 19.3 Å². The Labute approximate surface area is 115 Å². The minimum atomic E-state index is -0.874. The first-order valence-corrected chi connectivity index (χ1v) is 7.04. The standard InChI is InChI=1S/C14H26N2O3/c1-14(2,11-13(18)19)15(3)12(17)7-10-16-8-5-4-6-9-16/h4-11H2,1-3H3,(H,18,19). The van der Waals surface area contributed by atoms with Crippen LogP contribution in [0.25, 0.3) is 0 Å². The summed E-state index contributed by atoms with van der Waals surface area (Å²) in [5, 5.41) is 8.87. The highest BCUT2D eigenvalue weighted by Crippen LogP contribution is 2.18. The molecule has 0 spiro atoms. The van der Waals surface area contributed by atoms with E-state index in [4.69, 9.17) is 5.11 Å². The van der Waals surface area contributed by atoms with Crippen LogP contribution in [0.4, 0.5) is 0 Å². The summed E-state index contributed by atoms with van der Waals surface area (Å²) in [6.45, 7) is 6.52. The van der Waals surface area contributed by atoms with Crippen molar-refractivity contribution in [1.29, 1.82) is 0 Å². The van der Waals surface area contributed by atoms with Gasteiger partial charge in [-0.05, 0) is 39.8 Å². The third-order valence-corrected chi connectivity index (χ3v) is 3.96. The first-order valence-electron chi connectivity index (χ1n) is 7.04. The van der Waals surface area contributed by atoms with E-state index < -0.39 is 11.5 Å². The highest BCUT2D eigenvalue weighted by Gasteiger charge is 2.30. The van der Waals surface area contributed by atoms with Crippen molar-refractivity contribution in [1.82, 2.24) is 9.80 Å². The van der Waals surface area contributed by atoms with Gasteiger partial charge in [0, 0.05) is 25.6 Å². The zero-order chi connectivity index (χ0) is 14.5. The van der Waals surface area contributed by atoms with Crippen LogP contribution in [0.1, 0.15) is 46.0 Å². The summed E-state index contributed by atoms with van der Waals surface area (Å²) >= 11 is 0. The molecule has 1 fully saturated rings. The number of hydrogen-bond acceptors (Lipinski definition) is 3. The van der Waals surface area contributed by atoms with Gasteiger partial charge < -0.3 is 14.9 Å². The van der Waals surface area contributed by atoms with Crippen molar-refractivity contribution in [3.8, 4) is 0 Å². The predicted molar refractivity (Wildman–Crippen MR) is 74.0 cm³/mol. The molecule has 1 N–H and O–H groups in total. The third-order valence-electron chi connectivity index (χ3n) is 3.96. The van der Waals surface area contributed by atoms with Crippen molar-refractivity contribution in [3.63, 3.8) is 0 Å². The van der Waals surface area contributed by atoms with E-state index in [-0.39, 0.29) is 12.3 Å². The fourth-order valence-corrected chi connectivity index (χ4v) is 2.43.